The van der Waals surface area contributed by atoms with Crippen molar-refractivity contribution in [2.75, 3.05) is 7.05 Å². The molecule has 0 aliphatic rings. The van der Waals surface area contributed by atoms with E-state index in [1.807, 2.05) is 6.07 Å². The maximum atomic E-state index is 13.0. The number of hydrogen-bond donors (Lipinski definition) is 2. The number of rotatable bonds is 7. The smallest absolute Gasteiger partial charge is 0.406 e. The van der Waals surface area contributed by atoms with Gasteiger partial charge in [0.15, 0.2) is 11.6 Å². The van der Waals surface area contributed by atoms with E-state index in [2.05, 4.69) is 35.4 Å². The number of nitrogens with one attached hydrogen (secondary N) is 2. The van der Waals surface area contributed by atoms with Crippen molar-refractivity contribution in [3.63, 3.8) is 0 Å². The second-order valence-corrected chi connectivity index (χ2v) is 8.10. The molecule has 188 valence electrons. The second-order valence-electron chi connectivity index (χ2n) is 8.10. The summed E-state index contributed by atoms with van der Waals surface area (Å²) in [5, 5.41) is 18.6. The number of halogens is 3. The summed E-state index contributed by atoms with van der Waals surface area (Å²) in [5.41, 5.74) is -1.11. The Balaban J connectivity index is 1.92. The summed E-state index contributed by atoms with van der Waals surface area (Å²) in [4.78, 5) is 37.0. The van der Waals surface area contributed by atoms with Crippen LogP contribution in [0.4, 0.5) is 13.2 Å². The van der Waals surface area contributed by atoms with Crippen LogP contribution in [0.5, 0.6) is 5.75 Å². The third-order valence-electron chi connectivity index (χ3n) is 5.04. The van der Waals surface area contributed by atoms with Crippen molar-refractivity contribution in [1.29, 1.82) is 5.26 Å². The number of ether oxygens (including phenoxy) is 1. The van der Waals surface area contributed by atoms with Crippen molar-refractivity contribution in [3.8, 4) is 17.6 Å². The minimum Gasteiger partial charge on any atom is -0.406 e. The molecule has 0 fully saturated rings. The Morgan fingerprint density at radius 1 is 1.08 bits per heavy atom. The molecule has 36 heavy (non-hydrogen) atoms. The van der Waals surface area contributed by atoms with E-state index in [9.17, 15) is 28.0 Å². The van der Waals surface area contributed by atoms with Gasteiger partial charge in [-0.2, -0.15) is 15.0 Å². The van der Waals surface area contributed by atoms with E-state index < -0.39 is 35.4 Å². The van der Waals surface area contributed by atoms with E-state index in [4.69, 9.17) is 0 Å². The molecule has 2 amide bonds. The number of amides is 2. The highest BCUT2D eigenvalue weighted by Crippen LogP contribution is 2.31. The Bertz CT molecular complexity index is 1330. The van der Waals surface area contributed by atoms with Crippen LogP contribution in [0.25, 0.3) is 5.82 Å². The van der Waals surface area contributed by atoms with Gasteiger partial charge < -0.3 is 15.4 Å². The summed E-state index contributed by atoms with van der Waals surface area (Å²) in [6, 6.07) is 5.88. The molecule has 0 saturated heterocycles. The lowest BCUT2D eigenvalue weighted by atomic mass is 9.85. The van der Waals surface area contributed by atoms with E-state index in [0.717, 1.165) is 12.1 Å². The first-order chi connectivity index (χ1) is 16.8. The number of aromatic nitrogens is 5. The zero-order valence-corrected chi connectivity index (χ0v) is 19.6. The van der Waals surface area contributed by atoms with Crippen LogP contribution in [-0.2, 0) is 5.41 Å². The van der Waals surface area contributed by atoms with Gasteiger partial charge in [0, 0.05) is 18.7 Å². The molecule has 1 aromatic carbocycles. The fourth-order valence-electron chi connectivity index (χ4n) is 3.13. The SMILES string of the molecule is CNC(=O)c1cc(-n2ncnc2[C@H](C)NC(=O)c2cc(OC(F)(F)F)cc(C(C)(C)C#N)c2)ncn1. The molecule has 0 unspecified atom stereocenters. The minimum absolute atomic E-state index is 0.0785. The highest BCUT2D eigenvalue weighted by atomic mass is 19.4. The van der Waals surface area contributed by atoms with Gasteiger partial charge in [-0.15, -0.1) is 13.2 Å². The first-order valence-electron chi connectivity index (χ1n) is 10.4. The monoisotopic (exact) mass is 502 g/mol. The summed E-state index contributed by atoms with van der Waals surface area (Å²) >= 11 is 0. The Morgan fingerprint density at radius 3 is 2.44 bits per heavy atom. The summed E-state index contributed by atoms with van der Waals surface area (Å²) < 4.78 is 43.8. The van der Waals surface area contributed by atoms with Crippen LogP contribution in [0.3, 0.4) is 0 Å². The van der Waals surface area contributed by atoms with E-state index in [0.29, 0.717) is 0 Å². The predicted molar refractivity (Wildman–Crippen MR) is 118 cm³/mol. The van der Waals surface area contributed by atoms with Gasteiger partial charge in [-0.25, -0.2) is 15.0 Å². The van der Waals surface area contributed by atoms with E-state index in [1.54, 1.807) is 6.92 Å². The zero-order chi connectivity index (χ0) is 26.7. The molecule has 0 radical (unpaired) electrons. The summed E-state index contributed by atoms with van der Waals surface area (Å²) in [7, 11) is 1.44. The van der Waals surface area contributed by atoms with E-state index in [-0.39, 0.29) is 28.5 Å². The molecule has 3 rings (SSSR count). The molecule has 3 aromatic rings. The number of nitrogens with zero attached hydrogens (tertiary/aromatic N) is 6. The molecule has 0 aliphatic heterocycles. The van der Waals surface area contributed by atoms with Crippen molar-refractivity contribution in [2.45, 2.75) is 38.6 Å². The van der Waals surface area contributed by atoms with Crippen molar-refractivity contribution >= 4 is 11.8 Å². The van der Waals surface area contributed by atoms with Crippen molar-refractivity contribution < 1.29 is 27.5 Å². The van der Waals surface area contributed by atoms with Gasteiger partial charge in [-0.1, -0.05) is 0 Å². The Kier molecular flexibility index (Phi) is 7.23. The Morgan fingerprint density at radius 2 is 1.81 bits per heavy atom. The van der Waals surface area contributed by atoms with Crippen LogP contribution in [0.15, 0.2) is 36.9 Å². The zero-order valence-electron chi connectivity index (χ0n) is 19.6. The van der Waals surface area contributed by atoms with Crippen LogP contribution in [-0.4, -0.2) is 50.0 Å². The molecular formula is C22H21F3N8O3. The molecule has 14 heteroatoms. The van der Waals surface area contributed by atoms with Crippen LogP contribution >= 0.6 is 0 Å². The van der Waals surface area contributed by atoms with Crippen LogP contribution in [0.2, 0.25) is 0 Å². The summed E-state index contributed by atoms with van der Waals surface area (Å²) in [5.74, 6) is -1.39. The number of nitriles is 1. The Hall–Kier alpha value is -4.54. The van der Waals surface area contributed by atoms with E-state index in [1.165, 1.54) is 50.4 Å². The standard InChI is InChI=1S/C22H21F3N8O3/c1-12(18-30-11-31-33(18)17-8-16(20(35)27-4)28-10-29-17)32-19(34)13-5-14(21(2,3)9-26)7-15(6-13)36-22(23,24)25/h5-8,10-12H,1-4H3,(H,27,35)(H,32,34)/t12-/m0/s1. The summed E-state index contributed by atoms with van der Waals surface area (Å²) in [6.45, 7) is 4.58. The second kappa shape index (κ2) is 9.98. The lowest BCUT2D eigenvalue weighted by Gasteiger charge is -2.20. The van der Waals surface area contributed by atoms with Crippen LogP contribution in [0, 0.1) is 11.3 Å². The fourth-order valence-corrected chi connectivity index (χ4v) is 3.13. The molecule has 2 heterocycles. The molecular weight excluding hydrogens is 481 g/mol. The normalized spacial score (nSPS) is 12.4. The average molecular weight is 502 g/mol. The number of benzene rings is 1. The van der Waals surface area contributed by atoms with Gasteiger partial charge in [0.05, 0.1) is 17.5 Å². The largest absolute Gasteiger partial charge is 0.573 e. The third-order valence-corrected chi connectivity index (χ3v) is 5.04. The van der Waals surface area contributed by atoms with Gasteiger partial charge in [0.25, 0.3) is 11.8 Å². The maximum Gasteiger partial charge on any atom is 0.573 e. The Labute approximate surface area is 203 Å². The minimum atomic E-state index is -4.99. The summed E-state index contributed by atoms with van der Waals surface area (Å²) in [6.07, 6.45) is -2.61. The van der Waals surface area contributed by atoms with E-state index >= 15 is 0 Å². The topological polar surface area (TPSA) is 148 Å². The fraction of sp³-hybridized carbons (Fsp3) is 0.318. The van der Waals surface area contributed by atoms with Crippen molar-refractivity contribution in [2.24, 2.45) is 0 Å². The highest BCUT2D eigenvalue weighted by molar-refractivity contribution is 5.95. The van der Waals surface area contributed by atoms with Gasteiger partial charge >= 0.3 is 6.36 Å². The number of carbonyl (C=O) groups is 2. The van der Waals surface area contributed by atoms with Gasteiger partial charge in [0.2, 0.25) is 0 Å². The van der Waals surface area contributed by atoms with Crippen LogP contribution < -0.4 is 15.4 Å². The molecule has 0 saturated carbocycles. The lowest BCUT2D eigenvalue weighted by molar-refractivity contribution is -0.274. The average Bonchev–Trinajstić information content (AvgIpc) is 3.32. The highest BCUT2D eigenvalue weighted by Gasteiger charge is 2.33. The van der Waals surface area contributed by atoms with Crippen LogP contribution in [0.1, 0.15) is 59.0 Å². The lowest BCUT2D eigenvalue weighted by Crippen LogP contribution is -2.29. The molecule has 0 aliphatic carbocycles. The molecule has 0 spiro atoms. The quantitative estimate of drug-likeness (QED) is 0.501. The number of carbonyl (C=O) groups excluding carboxylic acids is 2. The number of alkyl halides is 3. The van der Waals surface area contributed by atoms with Gasteiger partial charge in [0.1, 0.15) is 24.1 Å². The molecule has 11 nitrogen and oxygen atoms in total. The number of hydrogen-bond acceptors (Lipinski definition) is 8. The first kappa shape index (κ1) is 26.1. The predicted octanol–water partition coefficient (Wildman–Crippen LogP) is 2.61. The third kappa shape index (κ3) is 5.93. The van der Waals surface area contributed by atoms with Gasteiger partial charge in [-0.05, 0) is 44.5 Å². The molecule has 2 N–H and O–H groups in total. The van der Waals surface area contributed by atoms with Gasteiger partial charge in [-0.3, -0.25) is 9.59 Å². The molecule has 2 aromatic heterocycles. The molecule has 1 atom stereocenters. The van der Waals surface area contributed by atoms with Crippen molar-refractivity contribution in [3.05, 3.63) is 59.6 Å². The first-order valence-corrected chi connectivity index (χ1v) is 10.4. The maximum absolute atomic E-state index is 13.0. The van der Waals surface area contributed by atoms with Crippen molar-refractivity contribution in [1.82, 2.24) is 35.4 Å². The molecule has 0 bridgehead atoms.